The van der Waals surface area contributed by atoms with E-state index in [9.17, 15) is 9.59 Å². The number of fused-ring (bicyclic) bond motifs is 2. The molecule has 0 saturated heterocycles. The van der Waals surface area contributed by atoms with E-state index in [-0.39, 0.29) is 12.2 Å². The molecule has 1 atom stereocenters. The highest BCUT2D eigenvalue weighted by atomic mass is 32.1. The zero-order valence-electron chi connectivity index (χ0n) is 23.7. The molecule has 6 rings (SSSR count). The molecule has 0 amide bonds. The molecule has 1 aliphatic heterocycles. The summed E-state index contributed by atoms with van der Waals surface area (Å²) in [5.74, 6) is 0.285. The molecule has 0 spiro atoms. The van der Waals surface area contributed by atoms with Crippen LogP contribution in [0.25, 0.3) is 16.8 Å². The Morgan fingerprint density at radius 3 is 2.45 bits per heavy atom. The summed E-state index contributed by atoms with van der Waals surface area (Å²) in [6.07, 6.45) is 1.86. The fourth-order valence-corrected chi connectivity index (χ4v) is 6.29. The van der Waals surface area contributed by atoms with Crippen LogP contribution in [0.5, 0.6) is 5.75 Å². The lowest BCUT2D eigenvalue weighted by atomic mass is 9.95. The Hall–Kier alpha value is -4.75. The Morgan fingerprint density at radius 1 is 0.952 bits per heavy atom. The van der Waals surface area contributed by atoms with E-state index in [0.717, 1.165) is 28.0 Å². The molecule has 4 aromatic carbocycles. The maximum absolute atomic E-state index is 13.8. The van der Waals surface area contributed by atoms with Crippen LogP contribution in [0.3, 0.4) is 0 Å². The van der Waals surface area contributed by atoms with E-state index >= 15 is 0 Å². The number of rotatable bonds is 7. The van der Waals surface area contributed by atoms with Gasteiger partial charge in [0.2, 0.25) is 0 Å². The van der Waals surface area contributed by atoms with Crippen molar-refractivity contribution in [3.05, 3.63) is 144 Å². The number of nitrogens with zero attached hydrogens (tertiary/aromatic N) is 2. The Morgan fingerprint density at radius 2 is 1.69 bits per heavy atom. The summed E-state index contributed by atoms with van der Waals surface area (Å²) in [6.45, 7) is 6.26. The molecule has 1 aromatic heterocycles. The quantitative estimate of drug-likeness (QED) is 0.229. The van der Waals surface area contributed by atoms with Crippen LogP contribution in [0.4, 0.5) is 0 Å². The van der Waals surface area contributed by atoms with Gasteiger partial charge in [-0.1, -0.05) is 95.8 Å². The third-order valence-corrected chi connectivity index (χ3v) is 8.35. The summed E-state index contributed by atoms with van der Waals surface area (Å²) in [7, 11) is 0. The van der Waals surface area contributed by atoms with Crippen molar-refractivity contribution < 1.29 is 14.3 Å². The van der Waals surface area contributed by atoms with Crippen LogP contribution in [-0.4, -0.2) is 17.1 Å². The van der Waals surface area contributed by atoms with Gasteiger partial charge in [-0.3, -0.25) is 9.36 Å². The van der Waals surface area contributed by atoms with Crippen molar-refractivity contribution in [1.82, 2.24) is 4.57 Å². The summed E-state index contributed by atoms with van der Waals surface area (Å²) in [5.41, 5.74) is 4.65. The predicted octanol–water partition coefficient (Wildman–Crippen LogP) is 5.84. The van der Waals surface area contributed by atoms with Crippen LogP contribution in [0, 0.1) is 6.92 Å². The number of aryl methyl sites for hydroxylation is 1. The SMILES string of the molecule is CCOC(=O)C1=C(C)N=c2s/c(=C\c3ccc(OCc4cccc5ccccc45)cc3)c(=O)n2C1c1ccc(C)cc1. The lowest BCUT2D eigenvalue weighted by Crippen LogP contribution is -2.39. The van der Waals surface area contributed by atoms with Gasteiger partial charge in [0.15, 0.2) is 4.80 Å². The van der Waals surface area contributed by atoms with E-state index in [1.165, 1.54) is 22.1 Å². The first kappa shape index (κ1) is 27.4. The smallest absolute Gasteiger partial charge is 0.338 e. The van der Waals surface area contributed by atoms with Crippen molar-refractivity contribution >= 4 is 34.2 Å². The van der Waals surface area contributed by atoms with Crippen LogP contribution in [0.15, 0.2) is 112 Å². The average molecular weight is 575 g/mol. The number of hydrogen-bond donors (Lipinski definition) is 0. The van der Waals surface area contributed by atoms with Crippen molar-refractivity contribution in [2.45, 2.75) is 33.4 Å². The van der Waals surface area contributed by atoms with Crippen LogP contribution in [-0.2, 0) is 16.1 Å². The minimum absolute atomic E-state index is 0.199. The third-order valence-electron chi connectivity index (χ3n) is 7.36. The van der Waals surface area contributed by atoms with Crippen molar-refractivity contribution in [2.75, 3.05) is 6.61 Å². The fraction of sp³-hybridized carbons (Fsp3) is 0.171. The van der Waals surface area contributed by atoms with Gasteiger partial charge in [-0.15, -0.1) is 0 Å². The highest BCUT2D eigenvalue weighted by Crippen LogP contribution is 2.31. The fourth-order valence-electron chi connectivity index (χ4n) is 5.25. The topological polar surface area (TPSA) is 69.9 Å². The molecule has 0 fully saturated rings. The Kier molecular flexibility index (Phi) is 7.59. The summed E-state index contributed by atoms with van der Waals surface area (Å²) in [5, 5.41) is 2.36. The number of carbonyl (C=O) groups excluding carboxylic acids is 1. The van der Waals surface area contributed by atoms with Crippen molar-refractivity contribution in [3.63, 3.8) is 0 Å². The van der Waals surface area contributed by atoms with Gasteiger partial charge in [0.05, 0.1) is 28.5 Å². The third kappa shape index (κ3) is 5.31. The maximum Gasteiger partial charge on any atom is 0.338 e. The van der Waals surface area contributed by atoms with E-state index in [0.29, 0.717) is 27.2 Å². The van der Waals surface area contributed by atoms with E-state index in [2.05, 4.69) is 29.3 Å². The Balaban J connectivity index is 1.31. The second-order valence-corrected chi connectivity index (χ2v) is 11.2. The number of thiazole rings is 1. The molecule has 0 aliphatic carbocycles. The van der Waals surface area contributed by atoms with E-state index in [4.69, 9.17) is 9.47 Å². The first-order valence-electron chi connectivity index (χ1n) is 13.9. The number of esters is 1. The Bertz CT molecular complexity index is 2000. The molecule has 0 bridgehead atoms. The van der Waals surface area contributed by atoms with Crippen molar-refractivity contribution in [3.8, 4) is 5.75 Å². The van der Waals surface area contributed by atoms with Crippen LogP contribution in [0.2, 0.25) is 0 Å². The van der Waals surface area contributed by atoms with Gasteiger partial charge in [0.1, 0.15) is 12.4 Å². The van der Waals surface area contributed by atoms with Gasteiger partial charge in [-0.2, -0.15) is 0 Å². The summed E-state index contributed by atoms with van der Waals surface area (Å²) >= 11 is 1.31. The molecule has 0 radical (unpaired) electrons. The lowest BCUT2D eigenvalue weighted by molar-refractivity contribution is -0.139. The van der Waals surface area contributed by atoms with Gasteiger partial charge >= 0.3 is 5.97 Å². The molecule has 1 unspecified atom stereocenters. The van der Waals surface area contributed by atoms with Crippen LogP contribution < -0.4 is 19.6 Å². The molecular formula is C35H30N2O4S. The molecule has 5 aromatic rings. The van der Waals surface area contributed by atoms with Gasteiger partial charge in [0.25, 0.3) is 5.56 Å². The number of carbonyl (C=O) groups is 1. The molecule has 210 valence electrons. The lowest BCUT2D eigenvalue weighted by Gasteiger charge is -2.24. The molecule has 1 aliphatic rings. The van der Waals surface area contributed by atoms with Crippen LogP contribution in [0.1, 0.15) is 42.1 Å². The monoisotopic (exact) mass is 574 g/mol. The Labute approximate surface area is 247 Å². The molecule has 6 nitrogen and oxygen atoms in total. The normalized spacial score (nSPS) is 14.9. The van der Waals surface area contributed by atoms with E-state index in [1.807, 2.05) is 79.7 Å². The van der Waals surface area contributed by atoms with Gasteiger partial charge in [-0.05, 0) is 66.4 Å². The van der Waals surface area contributed by atoms with Crippen molar-refractivity contribution in [2.24, 2.45) is 4.99 Å². The molecule has 0 saturated carbocycles. The predicted molar refractivity (Wildman–Crippen MR) is 166 cm³/mol. The highest BCUT2D eigenvalue weighted by molar-refractivity contribution is 7.07. The zero-order chi connectivity index (χ0) is 29.2. The summed E-state index contributed by atoms with van der Waals surface area (Å²) in [6, 6.07) is 29.4. The number of allylic oxidation sites excluding steroid dienone is 1. The van der Waals surface area contributed by atoms with Gasteiger partial charge < -0.3 is 9.47 Å². The van der Waals surface area contributed by atoms with Gasteiger partial charge in [0, 0.05) is 0 Å². The number of benzene rings is 4. The second-order valence-electron chi connectivity index (χ2n) is 10.2. The molecule has 0 N–H and O–H groups in total. The second kappa shape index (κ2) is 11.6. The van der Waals surface area contributed by atoms with E-state index < -0.39 is 12.0 Å². The number of ether oxygens (including phenoxy) is 2. The standard InChI is InChI=1S/C35H30N2O4S/c1-4-40-34(39)31-23(3)36-35-37(32(31)26-16-12-22(2)13-17-26)33(38)30(42-35)20-24-14-18-28(19-15-24)41-21-27-10-7-9-25-8-5-6-11-29(25)27/h5-20,32H,4,21H2,1-3H3/b30-20-. The van der Waals surface area contributed by atoms with Gasteiger partial charge in [-0.25, -0.2) is 9.79 Å². The first-order chi connectivity index (χ1) is 20.4. The minimum atomic E-state index is -0.618. The van der Waals surface area contributed by atoms with Crippen LogP contribution >= 0.6 is 11.3 Å². The number of hydrogen-bond acceptors (Lipinski definition) is 6. The maximum atomic E-state index is 13.8. The molecule has 42 heavy (non-hydrogen) atoms. The zero-order valence-corrected chi connectivity index (χ0v) is 24.5. The van der Waals surface area contributed by atoms with Crippen molar-refractivity contribution in [1.29, 1.82) is 0 Å². The molecular weight excluding hydrogens is 544 g/mol. The highest BCUT2D eigenvalue weighted by Gasteiger charge is 2.33. The molecule has 2 heterocycles. The molecule has 7 heteroatoms. The average Bonchev–Trinajstić information content (AvgIpc) is 3.30. The summed E-state index contributed by atoms with van der Waals surface area (Å²) < 4.78 is 13.6. The summed E-state index contributed by atoms with van der Waals surface area (Å²) in [4.78, 5) is 32.1. The van der Waals surface area contributed by atoms with E-state index in [1.54, 1.807) is 18.4 Å². The number of aromatic nitrogens is 1. The minimum Gasteiger partial charge on any atom is -0.489 e. The largest absolute Gasteiger partial charge is 0.489 e. The first-order valence-corrected chi connectivity index (χ1v) is 14.7.